The van der Waals surface area contributed by atoms with Crippen molar-refractivity contribution in [3.8, 4) is 0 Å². The van der Waals surface area contributed by atoms with E-state index in [4.69, 9.17) is 4.74 Å². The zero-order valence-electron chi connectivity index (χ0n) is 35.1. The van der Waals surface area contributed by atoms with Crippen molar-refractivity contribution >= 4 is 11.9 Å². The summed E-state index contributed by atoms with van der Waals surface area (Å²) in [4.78, 5) is 24.4. The van der Waals surface area contributed by atoms with E-state index in [0.29, 0.717) is 25.9 Å². The van der Waals surface area contributed by atoms with Crippen molar-refractivity contribution < 1.29 is 24.5 Å². The molecule has 0 saturated heterocycles. The second-order valence-corrected chi connectivity index (χ2v) is 16.1. The number of nitrogens with one attached hydrogen (secondary N) is 1. The fraction of sp³-hybridized carbons (Fsp3) is 0.957. The van der Waals surface area contributed by atoms with Crippen LogP contribution in [0.4, 0.5) is 0 Å². The summed E-state index contributed by atoms with van der Waals surface area (Å²) in [7, 11) is 0. The molecule has 0 radical (unpaired) electrons. The van der Waals surface area contributed by atoms with E-state index in [2.05, 4.69) is 19.2 Å². The highest BCUT2D eigenvalue weighted by Crippen LogP contribution is 2.16. The molecule has 0 aromatic carbocycles. The maximum absolute atomic E-state index is 12.4. The van der Waals surface area contributed by atoms with E-state index in [1.54, 1.807) is 0 Å². The molecule has 3 N–H and O–H groups in total. The average Bonchev–Trinajstić information content (AvgIpc) is 3.14. The van der Waals surface area contributed by atoms with E-state index in [1.807, 2.05) is 0 Å². The number of esters is 1. The predicted molar refractivity (Wildman–Crippen MR) is 223 cm³/mol. The molecule has 2 unspecified atom stereocenters. The van der Waals surface area contributed by atoms with Gasteiger partial charge in [0.15, 0.2) is 0 Å². The molecule has 0 spiro atoms. The molecule has 2 atom stereocenters. The minimum absolute atomic E-state index is 0.0111. The maximum Gasteiger partial charge on any atom is 0.305 e. The van der Waals surface area contributed by atoms with Crippen molar-refractivity contribution in [2.45, 2.75) is 270 Å². The number of aliphatic hydroxyl groups excluding tert-OH is 2. The zero-order valence-corrected chi connectivity index (χ0v) is 35.1. The van der Waals surface area contributed by atoms with Gasteiger partial charge in [-0.25, -0.2) is 0 Å². The van der Waals surface area contributed by atoms with Crippen molar-refractivity contribution in [1.29, 1.82) is 0 Å². The first kappa shape index (κ1) is 50.9. The summed E-state index contributed by atoms with van der Waals surface area (Å²) >= 11 is 0. The minimum Gasteiger partial charge on any atom is -0.466 e. The van der Waals surface area contributed by atoms with Gasteiger partial charge in [0.2, 0.25) is 5.91 Å². The molecule has 52 heavy (non-hydrogen) atoms. The van der Waals surface area contributed by atoms with Crippen molar-refractivity contribution in [2.24, 2.45) is 0 Å². The van der Waals surface area contributed by atoms with Crippen LogP contribution < -0.4 is 5.32 Å². The third-order valence-electron chi connectivity index (χ3n) is 10.9. The molecule has 6 heteroatoms. The van der Waals surface area contributed by atoms with Crippen LogP contribution in [0.5, 0.6) is 0 Å². The van der Waals surface area contributed by atoms with Gasteiger partial charge >= 0.3 is 5.97 Å². The molecule has 0 heterocycles. The van der Waals surface area contributed by atoms with Gasteiger partial charge in [0.05, 0.1) is 25.4 Å². The highest BCUT2D eigenvalue weighted by Gasteiger charge is 2.20. The Hall–Kier alpha value is -1.14. The summed E-state index contributed by atoms with van der Waals surface area (Å²) in [6.45, 7) is 4.89. The average molecular weight is 738 g/mol. The van der Waals surface area contributed by atoms with E-state index in [-0.39, 0.29) is 18.5 Å². The quantitative estimate of drug-likeness (QED) is 0.0428. The van der Waals surface area contributed by atoms with Crippen molar-refractivity contribution in [1.82, 2.24) is 5.32 Å². The molecule has 0 aromatic heterocycles. The highest BCUT2D eigenvalue weighted by molar-refractivity contribution is 5.76. The normalized spacial score (nSPS) is 12.6. The smallest absolute Gasteiger partial charge is 0.305 e. The summed E-state index contributed by atoms with van der Waals surface area (Å²) in [5.41, 5.74) is 0. The molecule has 0 aliphatic heterocycles. The van der Waals surface area contributed by atoms with E-state index >= 15 is 0 Å². The van der Waals surface area contributed by atoms with Gasteiger partial charge < -0.3 is 20.3 Å². The Kier molecular flexibility index (Phi) is 41.7. The molecular formula is C46H91NO5. The van der Waals surface area contributed by atoms with E-state index in [0.717, 1.165) is 57.8 Å². The third kappa shape index (κ3) is 38.6. The lowest BCUT2D eigenvalue weighted by atomic mass is 10.0. The number of carbonyl (C=O) groups excluding carboxylic acids is 2. The molecule has 0 aliphatic carbocycles. The number of amides is 1. The molecule has 0 rings (SSSR count). The summed E-state index contributed by atoms with van der Waals surface area (Å²) in [6, 6.07) is -0.551. The lowest BCUT2D eigenvalue weighted by Crippen LogP contribution is -2.45. The Labute approximate surface area is 324 Å². The first-order valence-electron chi connectivity index (χ1n) is 23.3. The number of ether oxygens (including phenoxy) is 1. The number of rotatable bonds is 43. The van der Waals surface area contributed by atoms with Crippen molar-refractivity contribution in [2.75, 3.05) is 13.2 Å². The Morgan fingerprint density at radius 2 is 0.788 bits per heavy atom. The number of hydrogen-bond acceptors (Lipinski definition) is 5. The zero-order chi connectivity index (χ0) is 38.0. The topological polar surface area (TPSA) is 95.9 Å². The molecule has 0 fully saturated rings. The first-order chi connectivity index (χ1) is 25.5. The molecule has 6 nitrogen and oxygen atoms in total. The molecule has 0 aliphatic rings. The molecule has 310 valence electrons. The first-order valence-corrected chi connectivity index (χ1v) is 23.3. The van der Waals surface area contributed by atoms with Crippen LogP contribution in [0.15, 0.2) is 0 Å². The lowest BCUT2D eigenvalue weighted by molar-refractivity contribution is -0.143. The largest absolute Gasteiger partial charge is 0.466 e. The van der Waals surface area contributed by atoms with Crippen LogP contribution in [0.25, 0.3) is 0 Å². The van der Waals surface area contributed by atoms with Crippen LogP contribution in [-0.2, 0) is 14.3 Å². The van der Waals surface area contributed by atoms with Gasteiger partial charge in [-0.05, 0) is 25.7 Å². The summed E-state index contributed by atoms with van der Waals surface area (Å²) in [5, 5.41) is 23.0. The molecule has 1 amide bonds. The fourth-order valence-corrected chi connectivity index (χ4v) is 7.29. The Morgan fingerprint density at radius 1 is 0.462 bits per heavy atom. The van der Waals surface area contributed by atoms with Gasteiger partial charge in [0.1, 0.15) is 0 Å². The van der Waals surface area contributed by atoms with E-state index < -0.39 is 12.1 Å². The third-order valence-corrected chi connectivity index (χ3v) is 10.9. The number of hydrogen-bond donors (Lipinski definition) is 3. The molecular weight excluding hydrogens is 647 g/mol. The van der Waals surface area contributed by atoms with Gasteiger partial charge in [0.25, 0.3) is 0 Å². The number of unbranched alkanes of at least 4 members (excludes halogenated alkanes) is 32. The van der Waals surface area contributed by atoms with Gasteiger partial charge in [-0.3, -0.25) is 9.59 Å². The Morgan fingerprint density at radius 3 is 1.17 bits per heavy atom. The van der Waals surface area contributed by atoms with Gasteiger partial charge in [-0.1, -0.05) is 219 Å². The summed E-state index contributed by atoms with van der Waals surface area (Å²) in [5.74, 6) is -0.0665. The maximum atomic E-state index is 12.4. The monoisotopic (exact) mass is 738 g/mol. The predicted octanol–water partition coefficient (Wildman–Crippen LogP) is 13.2. The van der Waals surface area contributed by atoms with Crippen molar-refractivity contribution in [3.05, 3.63) is 0 Å². The second kappa shape index (κ2) is 42.6. The van der Waals surface area contributed by atoms with Crippen LogP contribution in [0.3, 0.4) is 0 Å². The van der Waals surface area contributed by atoms with Crippen LogP contribution in [0.2, 0.25) is 0 Å². The molecule has 0 saturated carbocycles. The van der Waals surface area contributed by atoms with Gasteiger partial charge in [-0.15, -0.1) is 0 Å². The summed E-state index contributed by atoms with van der Waals surface area (Å²) < 4.78 is 5.45. The minimum atomic E-state index is -0.672. The Balaban J connectivity index is 3.42. The molecule has 0 aromatic rings. The SMILES string of the molecule is CCCCCCCCCCCCCCCCCC(=O)OCCCCCCCCCCCCCC(=O)NC(CO)C(O)CCCCCCCCCCC. The number of carbonyl (C=O) groups is 2. The van der Waals surface area contributed by atoms with Gasteiger partial charge in [0, 0.05) is 12.8 Å². The van der Waals surface area contributed by atoms with Crippen LogP contribution >= 0.6 is 0 Å². The van der Waals surface area contributed by atoms with Crippen LogP contribution in [0.1, 0.15) is 258 Å². The lowest BCUT2D eigenvalue weighted by Gasteiger charge is -2.22. The van der Waals surface area contributed by atoms with E-state index in [9.17, 15) is 19.8 Å². The van der Waals surface area contributed by atoms with Crippen LogP contribution in [0, 0.1) is 0 Å². The van der Waals surface area contributed by atoms with Gasteiger partial charge in [-0.2, -0.15) is 0 Å². The van der Waals surface area contributed by atoms with E-state index in [1.165, 1.54) is 167 Å². The fourth-order valence-electron chi connectivity index (χ4n) is 7.29. The van der Waals surface area contributed by atoms with Crippen molar-refractivity contribution in [3.63, 3.8) is 0 Å². The number of aliphatic hydroxyl groups is 2. The summed E-state index contributed by atoms with van der Waals surface area (Å²) in [6.07, 6.45) is 44.9. The highest BCUT2D eigenvalue weighted by atomic mass is 16.5. The Bertz CT molecular complexity index is 732. The standard InChI is InChI=1S/C46H91NO5/c1-3-5-7-9-11-13-14-15-16-17-20-24-28-32-36-40-46(51)52-41-37-33-29-25-21-18-19-23-27-31-35-39-45(50)47-43(42-48)44(49)38-34-30-26-22-12-10-8-6-4-2/h43-44,48-49H,3-42H2,1-2H3,(H,47,50). The van der Waals surface area contributed by atoms with Crippen LogP contribution in [-0.4, -0.2) is 47.4 Å². The second-order valence-electron chi connectivity index (χ2n) is 16.1. The molecule has 0 bridgehead atoms.